The molecule has 0 radical (unpaired) electrons. The topological polar surface area (TPSA) is 93.3 Å². The Morgan fingerprint density at radius 1 is 1.50 bits per heavy atom. The van der Waals surface area contributed by atoms with Crippen molar-refractivity contribution in [2.75, 3.05) is 6.54 Å². The summed E-state index contributed by atoms with van der Waals surface area (Å²) >= 11 is 0. The number of carbonyl (C=O) groups excluding carboxylic acids is 1. The molecule has 0 aromatic heterocycles. The number of nitriles is 1. The fraction of sp³-hybridized carbons (Fsp3) is 0.385. The van der Waals surface area contributed by atoms with Gasteiger partial charge in [0, 0.05) is 13.5 Å². The summed E-state index contributed by atoms with van der Waals surface area (Å²) in [6, 6.07) is 8.42. The number of nitrogens with zero attached hydrogens (tertiary/aromatic N) is 1. The minimum atomic E-state index is -1.06. The molecule has 2 atom stereocenters. The molecule has 0 spiro atoms. The molecule has 1 amide bonds. The quantitative estimate of drug-likeness (QED) is 0.706. The second-order valence-corrected chi connectivity index (χ2v) is 4.02. The minimum absolute atomic E-state index is 0.178. The van der Waals surface area contributed by atoms with Crippen LogP contribution < -0.4 is 5.32 Å². The number of aliphatic hydroxyl groups excluding tert-OH is 2. The molecule has 0 bridgehead atoms. The lowest BCUT2D eigenvalue weighted by atomic mass is 10.0. The summed E-state index contributed by atoms with van der Waals surface area (Å²) in [6.45, 7) is 1.69. The molecule has 5 nitrogen and oxygen atoms in total. The molecule has 1 aromatic rings. The Morgan fingerprint density at radius 2 is 2.22 bits per heavy atom. The van der Waals surface area contributed by atoms with Crippen LogP contribution in [0.4, 0.5) is 0 Å². The van der Waals surface area contributed by atoms with Crippen molar-refractivity contribution in [1.29, 1.82) is 5.26 Å². The molecule has 1 aromatic carbocycles. The van der Waals surface area contributed by atoms with Crippen molar-refractivity contribution in [2.24, 2.45) is 0 Å². The second-order valence-electron chi connectivity index (χ2n) is 4.02. The van der Waals surface area contributed by atoms with Gasteiger partial charge in [-0.05, 0) is 24.1 Å². The largest absolute Gasteiger partial charge is 0.390 e. The fourth-order valence-corrected chi connectivity index (χ4v) is 1.57. The van der Waals surface area contributed by atoms with Gasteiger partial charge in [-0.25, -0.2) is 0 Å². The number of hydrogen-bond acceptors (Lipinski definition) is 4. The molecular formula is C13H16N2O3. The van der Waals surface area contributed by atoms with Gasteiger partial charge < -0.3 is 15.5 Å². The summed E-state index contributed by atoms with van der Waals surface area (Å²) in [5, 5.41) is 31.0. The molecule has 0 aliphatic carbocycles. The summed E-state index contributed by atoms with van der Waals surface area (Å²) in [6.07, 6.45) is -1.80. The Bertz CT molecular complexity index is 454. The minimum Gasteiger partial charge on any atom is -0.390 e. The summed E-state index contributed by atoms with van der Waals surface area (Å²) < 4.78 is 0. The van der Waals surface area contributed by atoms with Gasteiger partial charge in [-0.3, -0.25) is 4.79 Å². The Hall–Kier alpha value is -1.90. The van der Waals surface area contributed by atoms with Crippen molar-refractivity contribution < 1.29 is 15.0 Å². The third-order valence-corrected chi connectivity index (χ3v) is 2.54. The summed E-state index contributed by atoms with van der Waals surface area (Å²) in [4.78, 5) is 10.7. The molecule has 1 rings (SSSR count). The van der Waals surface area contributed by atoms with Crippen molar-refractivity contribution in [2.45, 2.75) is 25.6 Å². The zero-order valence-electron chi connectivity index (χ0n) is 10.1. The van der Waals surface area contributed by atoms with Crippen LogP contribution in [0.2, 0.25) is 0 Å². The van der Waals surface area contributed by atoms with Crippen LogP contribution in [0.1, 0.15) is 30.6 Å². The molecule has 0 aliphatic heterocycles. The number of carbonyl (C=O) groups is 1. The van der Waals surface area contributed by atoms with Crippen molar-refractivity contribution in [3.63, 3.8) is 0 Å². The van der Waals surface area contributed by atoms with E-state index in [9.17, 15) is 15.0 Å². The first-order chi connectivity index (χ1) is 8.54. The zero-order chi connectivity index (χ0) is 13.5. The molecule has 0 heterocycles. The van der Waals surface area contributed by atoms with Gasteiger partial charge >= 0.3 is 0 Å². The highest BCUT2D eigenvalue weighted by Gasteiger charge is 2.18. The lowest BCUT2D eigenvalue weighted by Crippen LogP contribution is -2.27. The number of rotatable bonds is 5. The molecule has 0 saturated carbocycles. The first-order valence-corrected chi connectivity index (χ1v) is 5.65. The molecular weight excluding hydrogens is 232 g/mol. The van der Waals surface area contributed by atoms with E-state index in [4.69, 9.17) is 5.26 Å². The number of hydrogen-bond donors (Lipinski definition) is 3. The van der Waals surface area contributed by atoms with Crippen LogP contribution in [0.25, 0.3) is 0 Å². The van der Waals surface area contributed by atoms with Gasteiger partial charge in [-0.15, -0.1) is 0 Å². The van der Waals surface area contributed by atoms with Gasteiger partial charge in [0.05, 0.1) is 17.7 Å². The van der Waals surface area contributed by atoms with Gasteiger partial charge in [0.25, 0.3) is 0 Å². The van der Waals surface area contributed by atoms with E-state index in [1.54, 1.807) is 18.2 Å². The van der Waals surface area contributed by atoms with Crippen molar-refractivity contribution in [1.82, 2.24) is 5.32 Å². The van der Waals surface area contributed by atoms with Gasteiger partial charge in [-0.1, -0.05) is 12.1 Å². The molecule has 5 heteroatoms. The van der Waals surface area contributed by atoms with Crippen LogP contribution in [0.15, 0.2) is 24.3 Å². The number of nitrogens with one attached hydrogen (secondary N) is 1. The van der Waals surface area contributed by atoms with E-state index in [0.717, 1.165) is 0 Å². The first-order valence-electron chi connectivity index (χ1n) is 5.65. The van der Waals surface area contributed by atoms with E-state index >= 15 is 0 Å². The van der Waals surface area contributed by atoms with Gasteiger partial charge in [-0.2, -0.15) is 5.26 Å². The van der Waals surface area contributed by atoms with Crippen LogP contribution in [-0.4, -0.2) is 28.8 Å². The molecule has 2 unspecified atom stereocenters. The van der Waals surface area contributed by atoms with E-state index < -0.39 is 12.2 Å². The Labute approximate surface area is 106 Å². The maximum atomic E-state index is 10.7. The summed E-state index contributed by atoms with van der Waals surface area (Å²) in [5.41, 5.74) is 0.921. The molecule has 96 valence electrons. The van der Waals surface area contributed by atoms with Crippen molar-refractivity contribution >= 4 is 5.91 Å². The maximum absolute atomic E-state index is 10.7. The van der Waals surface area contributed by atoms with Crippen LogP contribution in [0.5, 0.6) is 0 Å². The highest BCUT2D eigenvalue weighted by molar-refractivity contribution is 5.72. The van der Waals surface area contributed by atoms with E-state index in [1.165, 1.54) is 13.0 Å². The predicted octanol–water partition coefficient (Wildman–Crippen LogP) is 0.479. The zero-order valence-corrected chi connectivity index (χ0v) is 10.1. The smallest absolute Gasteiger partial charge is 0.216 e. The van der Waals surface area contributed by atoms with Crippen LogP contribution in [0.3, 0.4) is 0 Å². The summed E-state index contributed by atoms with van der Waals surface area (Å²) in [7, 11) is 0. The van der Waals surface area contributed by atoms with E-state index in [-0.39, 0.29) is 12.3 Å². The number of aliphatic hydroxyl groups is 2. The normalized spacial score (nSPS) is 13.4. The van der Waals surface area contributed by atoms with Gasteiger partial charge in [0.2, 0.25) is 5.91 Å². The fourth-order valence-electron chi connectivity index (χ4n) is 1.57. The molecule has 0 fully saturated rings. The Kier molecular flexibility index (Phi) is 5.31. The Balaban J connectivity index is 2.59. The lowest BCUT2D eigenvalue weighted by Gasteiger charge is -2.18. The SMILES string of the molecule is CC(=O)NCCC(O)C(O)c1cccc(C#N)c1. The lowest BCUT2D eigenvalue weighted by molar-refractivity contribution is -0.119. The second kappa shape index (κ2) is 6.74. The third-order valence-electron chi connectivity index (χ3n) is 2.54. The first kappa shape index (κ1) is 14.2. The third kappa shape index (κ3) is 4.17. The standard InChI is InChI=1S/C13H16N2O3/c1-9(16)15-6-5-12(17)13(18)11-4-2-3-10(7-11)8-14/h2-4,7,12-13,17-18H,5-6H2,1H3,(H,15,16). The maximum Gasteiger partial charge on any atom is 0.216 e. The average molecular weight is 248 g/mol. The predicted molar refractivity (Wildman–Crippen MR) is 65.4 cm³/mol. The van der Waals surface area contributed by atoms with Gasteiger partial charge in [0.15, 0.2) is 0 Å². The molecule has 18 heavy (non-hydrogen) atoms. The van der Waals surface area contributed by atoms with E-state index in [1.807, 2.05) is 6.07 Å². The number of amides is 1. The van der Waals surface area contributed by atoms with Crippen LogP contribution in [-0.2, 0) is 4.79 Å². The highest BCUT2D eigenvalue weighted by Crippen LogP contribution is 2.19. The van der Waals surface area contributed by atoms with Crippen molar-refractivity contribution in [3.8, 4) is 6.07 Å². The van der Waals surface area contributed by atoms with E-state index in [2.05, 4.69) is 5.32 Å². The number of benzene rings is 1. The monoisotopic (exact) mass is 248 g/mol. The Morgan fingerprint density at radius 3 is 2.83 bits per heavy atom. The van der Waals surface area contributed by atoms with Crippen LogP contribution >= 0.6 is 0 Å². The average Bonchev–Trinajstić information content (AvgIpc) is 2.37. The van der Waals surface area contributed by atoms with Gasteiger partial charge in [0.1, 0.15) is 6.10 Å². The van der Waals surface area contributed by atoms with Crippen LogP contribution in [0, 0.1) is 11.3 Å². The molecule has 0 aliphatic rings. The van der Waals surface area contributed by atoms with E-state index in [0.29, 0.717) is 17.7 Å². The summed E-state index contributed by atoms with van der Waals surface area (Å²) in [5.74, 6) is -0.178. The molecule has 3 N–H and O–H groups in total. The molecule has 0 saturated heterocycles. The highest BCUT2D eigenvalue weighted by atomic mass is 16.3. The van der Waals surface area contributed by atoms with Crippen molar-refractivity contribution in [3.05, 3.63) is 35.4 Å².